The molecule has 0 atom stereocenters. The number of carbonyl (C=O) groups is 3. The molecular weight excluding hydrogens is 406 g/mol. The lowest BCUT2D eigenvalue weighted by Crippen LogP contribution is -2.52. The lowest BCUT2D eigenvalue weighted by atomic mass is 9.96. The molecule has 174 valence electrons. The summed E-state index contributed by atoms with van der Waals surface area (Å²) < 4.78 is 5.41. The molecule has 0 N–H and O–H groups in total. The van der Waals surface area contributed by atoms with Crippen molar-refractivity contribution in [3.63, 3.8) is 0 Å². The van der Waals surface area contributed by atoms with E-state index in [0.717, 1.165) is 45.0 Å². The fourth-order valence-corrected chi connectivity index (χ4v) is 5.23. The molecule has 0 aromatic heterocycles. The summed E-state index contributed by atoms with van der Waals surface area (Å²) in [4.78, 5) is 43.1. The van der Waals surface area contributed by atoms with E-state index in [2.05, 4.69) is 9.80 Å². The lowest BCUT2D eigenvalue weighted by Gasteiger charge is -2.38. The average molecular weight is 442 g/mol. The van der Waals surface area contributed by atoms with Crippen LogP contribution in [0.25, 0.3) is 0 Å². The summed E-state index contributed by atoms with van der Waals surface area (Å²) in [6, 6.07) is 8.30. The number of benzene rings is 1. The van der Waals surface area contributed by atoms with Crippen molar-refractivity contribution in [3.8, 4) is 0 Å². The number of hydrogen-bond donors (Lipinski definition) is 0. The Balaban J connectivity index is 1.16. The van der Waals surface area contributed by atoms with E-state index in [9.17, 15) is 14.4 Å². The van der Waals surface area contributed by atoms with Gasteiger partial charge in [0.2, 0.25) is 0 Å². The number of Topliss-reactive ketones (excluding diaryl/α,β-unsaturated/α-hetero) is 1. The van der Waals surface area contributed by atoms with Crippen molar-refractivity contribution in [2.75, 3.05) is 50.8 Å². The van der Waals surface area contributed by atoms with Crippen LogP contribution in [-0.4, -0.2) is 79.4 Å². The van der Waals surface area contributed by atoms with Gasteiger partial charge in [-0.15, -0.1) is 0 Å². The Labute approximate surface area is 190 Å². The summed E-state index contributed by atoms with van der Waals surface area (Å²) in [5.41, 5.74) is 1.77. The molecule has 0 radical (unpaired) electrons. The molecule has 1 aromatic carbocycles. The predicted molar refractivity (Wildman–Crippen MR) is 123 cm³/mol. The number of hydrogen-bond acceptors (Lipinski definition) is 6. The zero-order valence-corrected chi connectivity index (χ0v) is 19.1. The zero-order chi connectivity index (χ0) is 22.5. The first-order valence-electron chi connectivity index (χ1n) is 12.1. The van der Waals surface area contributed by atoms with Gasteiger partial charge in [-0.1, -0.05) is 12.8 Å². The summed E-state index contributed by atoms with van der Waals surface area (Å²) in [7, 11) is 0. The van der Waals surface area contributed by atoms with Crippen LogP contribution in [0.2, 0.25) is 0 Å². The van der Waals surface area contributed by atoms with E-state index in [1.807, 2.05) is 29.2 Å². The standard InChI is InChI=1S/C25H35N3O4/c1-19(29)20-6-8-23(9-7-20)26-12-10-21(11-13-26)25(31)32-18-24(30)28-16-14-27(15-17-28)22-4-2-3-5-22/h6-9,21-22H,2-5,10-18H2,1H3. The van der Waals surface area contributed by atoms with Gasteiger partial charge in [-0.05, 0) is 56.9 Å². The Morgan fingerprint density at radius 3 is 2.09 bits per heavy atom. The molecule has 0 spiro atoms. The van der Waals surface area contributed by atoms with Gasteiger partial charge in [-0.2, -0.15) is 0 Å². The van der Waals surface area contributed by atoms with Gasteiger partial charge in [-0.3, -0.25) is 19.3 Å². The summed E-state index contributed by atoms with van der Waals surface area (Å²) in [5.74, 6) is -0.431. The van der Waals surface area contributed by atoms with Gasteiger partial charge in [-0.25, -0.2) is 0 Å². The first-order valence-corrected chi connectivity index (χ1v) is 12.1. The topological polar surface area (TPSA) is 70.2 Å². The smallest absolute Gasteiger partial charge is 0.309 e. The van der Waals surface area contributed by atoms with Crippen LogP contribution in [-0.2, 0) is 14.3 Å². The van der Waals surface area contributed by atoms with Crippen LogP contribution in [0.15, 0.2) is 24.3 Å². The van der Waals surface area contributed by atoms with E-state index < -0.39 is 0 Å². The number of amides is 1. The molecule has 2 saturated heterocycles. The predicted octanol–water partition coefficient (Wildman–Crippen LogP) is 2.74. The molecule has 0 unspecified atom stereocenters. The highest BCUT2D eigenvalue weighted by Crippen LogP contribution is 2.26. The van der Waals surface area contributed by atoms with Crippen LogP contribution in [0.4, 0.5) is 5.69 Å². The molecule has 7 heteroatoms. The molecule has 7 nitrogen and oxygen atoms in total. The third-order valence-corrected chi connectivity index (χ3v) is 7.31. The monoisotopic (exact) mass is 441 g/mol. The van der Waals surface area contributed by atoms with Crippen LogP contribution in [0.3, 0.4) is 0 Å². The van der Waals surface area contributed by atoms with Crippen molar-refractivity contribution < 1.29 is 19.1 Å². The molecule has 1 amide bonds. The van der Waals surface area contributed by atoms with Gasteiger partial charge in [0.15, 0.2) is 12.4 Å². The van der Waals surface area contributed by atoms with E-state index in [1.165, 1.54) is 25.7 Å². The summed E-state index contributed by atoms with van der Waals surface area (Å²) in [6.07, 6.45) is 6.64. The minimum atomic E-state index is -0.255. The van der Waals surface area contributed by atoms with Crippen LogP contribution < -0.4 is 4.90 Å². The van der Waals surface area contributed by atoms with Crippen LogP contribution >= 0.6 is 0 Å². The zero-order valence-electron chi connectivity index (χ0n) is 19.1. The second kappa shape index (κ2) is 10.5. The molecule has 3 fully saturated rings. The van der Waals surface area contributed by atoms with Gasteiger partial charge in [0.25, 0.3) is 5.91 Å². The third kappa shape index (κ3) is 5.49. The van der Waals surface area contributed by atoms with Crippen molar-refractivity contribution in [1.82, 2.24) is 9.80 Å². The average Bonchev–Trinajstić information content (AvgIpc) is 3.38. The summed E-state index contributed by atoms with van der Waals surface area (Å²) in [6.45, 7) is 6.25. The number of piperazine rings is 1. The molecule has 1 saturated carbocycles. The highest BCUT2D eigenvalue weighted by atomic mass is 16.5. The van der Waals surface area contributed by atoms with Crippen molar-refractivity contribution in [3.05, 3.63) is 29.8 Å². The minimum Gasteiger partial charge on any atom is -0.455 e. The largest absolute Gasteiger partial charge is 0.455 e. The molecule has 2 aliphatic heterocycles. The van der Waals surface area contributed by atoms with Gasteiger partial charge in [0.1, 0.15) is 0 Å². The Hall–Kier alpha value is -2.41. The number of esters is 1. The van der Waals surface area contributed by atoms with Crippen molar-refractivity contribution in [2.45, 2.75) is 51.5 Å². The van der Waals surface area contributed by atoms with Crippen molar-refractivity contribution >= 4 is 23.3 Å². The van der Waals surface area contributed by atoms with Crippen LogP contribution in [0.5, 0.6) is 0 Å². The van der Waals surface area contributed by atoms with E-state index in [0.29, 0.717) is 24.4 Å². The van der Waals surface area contributed by atoms with Crippen molar-refractivity contribution in [1.29, 1.82) is 0 Å². The second-order valence-corrected chi connectivity index (χ2v) is 9.33. The van der Waals surface area contributed by atoms with Crippen LogP contribution in [0.1, 0.15) is 55.8 Å². The maximum Gasteiger partial charge on any atom is 0.309 e. The van der Waals surface area contributed by atoms with E-state index >= 15 is 0 Å². The molecule has 1 aliphatic carbocycles. The van der Waals surface area contributed by atoms with E-state index in [4.69, 9.17) is 4.74 Å². The number of ketones is 1. The number of anilines is 1. The van der Waals surface area contributed by atoms with Gasteiger partial charge >= 0.3 is 5.97 Å². The highest BCUT2D eigenvalue weighted by Gasteiger charge is 2.30. The highest BCUT2D eigenvalue weighted by molar-refractivity contribution is 5.94. The quantitative estimate of drug-likeness (QED) is 0.499. The van der Waals surface area contributed by atoms with E-state index in [-0.39, 0.29) is 30.2 Å². The van der Waals surface area contributed by atoms with Gasteiger partial charge in [0.05, 0.1) is 5.92 Å². The molecule has 0 bridgehead atoms. The Kier molecular flexibility index (Phi) is 7.45. The number of piperidine rings is 1. The first-order chi connectivity index (χ1) is 15.5. The Morgan fingerprint density at radius 1 is 0.875 bits per heavy atom. The molecule has 4 rings (SSSR count). The number of rotatable bonds is 6. The molecule has 2 heterocycles. The van der Waals surface area contributed by atoms with Gasteiger partial charge in [0, 0.05) is 56.6 Å². The second-order valence-electron chi connectivity index (χ2n) is 9.33. The number of carbonyl (C=O) groups excluding carboxylic acids is 3. The lowest BCUT2D eigenvalue weighted by molar-refractivity contribution is -0.156. The Morgan fingerprint density at radius 2 is 1.50 bits per heavy atom. The molecular formula is C25H35N3O4. The third-order valence-electron chi connectivity index (χ3n) is 7.31. The maximum atomic E-state index is 12.5. The SMILES string of the molecule is CC(=O)c1ccc(N2CCC(C(=O)OCC(=O)N3CCN(C4CCCC4)CC3)CC2)cc1. The van der Waals surface area contributed by atoms with Crippen molar-refractivity contribution in [2.24, 2.45) is 5.92 Å². The fraction of sp³-hybridized carbons (Fsp3) is 0.640. The first kappa shape index (κ1) is 22.8. The normalized spacial score (nSPS) is 21.0. The fourth-order valence-electron chi connectivity index (χ4n) is 5.23. The molecule has 1 aromatic rings. The van der Waals surface area contributed by atoms with Crippen LogP contribution in [0, 0.1) is 5.92 Å². The van der Waals surface area contributed by atoms with Gasteiger partial charge < -0.3 is 14.5 Å². The Bertz CT molecular complexity index is 803. The summed E-state index contributed by atoms with van der Waals surface area (Å²) >= 11 is 0. The summed E-state index contributed by atoms with van der Waals surface area (Å²) in [5, 5.41) is 0. The van der Waals surface area contributed by atoms with E-state index in [1.54, 1.807) is 6.92 Å². The number of nitrogens with zero attached hydrogens (tertiary/aromatic N) is 3. The molecule has 32 heavy (non-hydrogen) atoms. The molecule has 3 aliphatic rings. The maximum absolute atomic E-state index is 12.5. The minimum absolute atomic E-state index is 0.0586. The number of ether oxygens (including phenoxy) is 1.